The van der Waals surface area contributed by atoms with Gasteiger partial charge in [0.25, 0.3) is 5.91 Å². The Bertz CT molecular complexity index is 987. The summed E-state index contributed by atoms with van der Waals surface area (Å²) < 4.78 is 11.2. The second-order valence-electron chi connectivity index (χ2n) is 7.11. The molecule has 4 rings (SSSR count). The molecule has 0 bridgehead atoms. The smallest absolute Gasteiger partial charge is 0.342 e. The van der Waals surface area contributed by atoms with E-state index in [2.05, 4.69) is 0 Å². The molecule has 0 spiro atoms. The summed E-state index contributed by atoms with van der Waals surface area (Å²) in [5.74, 6) is -0.280. The number of hydrogen-bond donors (Lipinski definition) is 0. The molecule has 2 aromatic carbocycles. The Morgan fingerprint density at radius 1 is 1.00 bits per heavy atom. The summed E-state index contributed by atoms with van der Waals surface area (Å²) >= 11 is 1.65. The monoisotopic (exact) mass is 421 g/mol. The van der Waals surface area contributed by atoms with Crippen molar-refractivity contribution < 1.29 is 19.1 Å². The SMILES string of the molecule is O=C(OCC(=O)N1CCCC1c1cccs1)c1ccccc1OCc1ccccc1. The Hall–Kier alpha value is -3.12. The Labute approximate surface area is 179 Å². The zero-order chi connectivity index (χ0) is 20.8. The fraction of sp³-hybridized carbons (Fsp3) is 0.250. The number of esters is 1. The van der Waals surface area contributed by atoms with Gasteiger partial charge >= 0.3 is 5.97 Å². The molecule has 5 nitrogen and oxygen atoms in total. The largest absolute Gasteiger partial charge is 0.488 e. The van der Waals surface area contributed by atoms with Crippen molar-refractivity contribution in [2.75, 3.05) is 13.2 Å². The quantitative estimate of drug-likeness (QED) is 0.512. The Morgan fingerprint density at radius 3 is 2.60 bits per heavy atom. The van der Waals surface area contributed by atoms with Gasteiger partial charge in [0.15, 0.2) is 6.61 Å². The Kier molecular flexibility index (Phi) is 6.44. The molecule has 1 atom stereocenters. The first-order valence-corrected chi connectivity index (χ1v) is 10.9. The van der Waals surface area contributed by atoms with Crippen molar-refractivity contribution in [2.24, 2.45) is 0 Å². The van der Waals surface area contributed by atoms with Crippen LogP contribution in [0.2, 0.25) is 0 Å². The number of amides is 1. The molecule has 1 unspecified atom stereocenters. The summed E-state index contributed by atoms with van der Waals surface area (Å²) in [7, 11) is 0. The number of hydrogen-bond acceptors (Lipinski definition) is 5. The van der Waals surface area contributed by atoms with Crippen molar-refractivity contribution in [3.05, 3.63) is 88.1 Å². The van der Waals surface area contributed by atoms with E-state index in [-0.39, 0.29) is 18.6 Å². The number of likely N-dealkylation sites (tertiary alicyclic amines) is 1. The maximum atomic E-state index is 12.7. The highest BCUT2D eigenvalue weighted by atomic mass is 32.1. The Balaban J connectivity index is 1.36. The van der Waals surface area contributed by atoms with E-state index < -0.39 is 5.97 Å². The van der Waals surface area contributed by atoms with Crippen LogP contribution in [-0.4, -0.2) is 29.9 Å². The number of benzene rings is 2. The van der Waals surface area contributed by atoms with Gasteiger partial charge in [0.05, 0.1) is 6.04 Å². The molecule has 6 heteroatoms. The van der Waals surface area contributed by atoms with E-state index in [0.717, 1.165) is 18.4 Å². The normalized spacial score (nSPS) is 15.7. The van der Waals surface area contributed by atoms with Crippen molar-refractivity contribution in [1.82, 2.24) is 4.90 Å². The van der Waals surface area contributed by atoms with Gasteiger partial charge in [-0.2, -0.15) is 0 Å². The van der Waals surface area contributed by atoms with Gasteiger partial charge in [-0.15, -0.1) is 11.3 Å². The van der Waals surface area contributed by atoms with Gasteiger partial charge in [0.2, 0.25) is 0 Å². The highest BCUT2D eigenvalue weighted by molar-refractivity contribution is 7.10. The molecular formula is C24H23NO4S. The van der Waals surface area contributed by atoms with E-state index in [1.165, 1.54) is 4.88 Å². The summed E-state index contributed by atoms with van der Waals surface area (Å²) in [6.45, 7) is 0.768. The highest BCUT2D eigenvalue weighted by Crippen LogP contribution is 2.34. The van der Waals surface area contributed by atoms with Crippen LogP contribution in [0.15, 0.2) is 72.1 Å². The topological polar surface area (TPSA) is 55.8 Å². The maximum Gasteiger partial charge on any atom is 0.342 e. The lowest BCUT2D eigenvalue weighted by Crippen LogP contribution is -2.34. The molecule has 1 fully saturated rings. The van der Waals surface area contributed by atoms with Gasteiger partial charge in [0.1, 0.15) is 17.9 Å². The van der Waals surface area contributed by atoms with Crippen molar-refractivity contribution in [3.8, 4) is 5.75 Å². The first-order valence-electron chi connectivity index (χ1n) is 9.98. The van der Waals surface area contributed by atoms with Gasteiger partial charge in [-0.05, 0) is 42.0 Å². The minimum Gasteiger partial charge on any atom is -0.488 e. The Morgan fingerprint density at radius 2 is 1.80 bits per heavy atom. The average molecular weight is 422 g/mol. The minimum atomic E-state index is -0.557. The number of carbonyl (C=O) groups excluding carboxylic acids is 2. The number of ether oxygens (including phenoxy) is 2. The van der Waals surface area contributed by atoms with Crippen LogP contribution < -0.4 is 4.74 Å². The van der Waals surface area contributed by atoms with Gasteiger partial charge in [-0.3, -0.25) is 4.79 Å². The van der Waals surface area contributed by atoms with E-state index in [9.17, 15) is 9.59 Å². The van der Waals surface area contributed by atoms with Gasteiger partial charge in [-0.1, -0.05) is 48.5 Å². The van der Waals surface area contributed by atoms with Crippen molar-refractivity contribution in [2.45, 2.75) is 25.5 Å². The number of nitrogens with zero attached hydrogens (tertiary/aromatic N) is 1. The zero-order valence-electron chi connectivity index (χ0n) is 16.5. The van der Waals surface area contributed by atoms with E-state index in [4.69, 9.17) is 9.47 Å². The molecule has 154 valence electrons. The molecule has 1 amide bonds. The second-order valence-corrected chi connectivity index (χ2v) is 8.09. The summed E-state index contributed by atoms with van der Waals surface area (Å²) in [5, 5.41) is 2.02. The van der Waals surface area contributed by atoms with Gasteiger partial charge in [-0.25, -0.2) is 4.79 Å². The third kappa shape index (κ3) is 4.71. The summed E-state index contributed by atoms with van der Waals surface area (Å²) in [5.41, 5.74) is 1.32. The maximum absolute atomic E-state index is 12.7. The van der Waals surface area contributed by atoms with Gasteiger partial charge in [0, 0.05) is 11.4 Å². The van der Waals surface area contributed by atoms with Crippen LogP contribution in [-0.2, 0) is 16.1 Å². The average Bonchev–Trinajstić information content (AvgIpc) is 3.48. The van der Waals surface area contributed by atoms with Crippen LogP contribution in [0.3, 0.4) is 0 Å². The number of para-hydroxylation sites is 1. The lowest BCUT2D eigenvalue weighted by molar-refractivity contribution is -0.135. The highest BCUT2D eigenvalue weighted by Gasteiger charge is 2.31. The number of thiophene rings is 1. The lowest BCUT2D eigenvalue weighted by atomic mass is 10.2. The molecule has 0 radical (unpaired) electrons. The molecular weight excluding hydrogens is 398 g/mol. The first-order chi connectivity index (χ1) is 14.7. The fourth-order valence-corrected chi connectivity index (χ4v) is 4.50. The number of rotatable bonds is 7. The van der Waals surface area contributed by atoms with Crippen LogP contribution in [0, 0.1) is 0 Å². The van der Waals surface area contributed by atoms with Crippen LogP contribution in [0.4, 0.5) is 0 Å². The molecule has 0 N–H and O–H groups in total. The standard InChI is InChI=1S/C24H23NO4S/c26-23(25-14-6-11-20(25)22-13-7-15-30-22)17-29-24(27)19-10-4-5-12-21(19)28-16-18-8-2-1-3-9-18/h1-5,7-10,12-13,15,20H,6,11,14,16-17H2. The van der Waals surface area contributed by atoms with Crippen LogP contribution in [0.5, 0.6) is 5.75 Å². The summed E-state index contributed by atoms with van der Waals surface area (Å²) in [4.78, 5) is 28.3. The number of carbonyl (C=O) groups is 2. The van der Waals surface area contributed by atoms with Crippen LogP contribution in [0.25, 0.3) is 0 Å². The molecule has 1 aliphatic heterocycles. The van der Waals surface area contributed by atoms with Crippen molar-refractivity contribution >= 4 is 23.2 Å². The van der Waals surface area contributed by atoms with E-state index in [1.54, 1.807) is 35.6 Å². The summed E-state index contributed by atoms with van der Waals surface area (Å²) in [6, 6.07) is 20.8. The minimum absolute atomic E-state index is 0.0812. The first kappa shape index (κ1) is 20.2. The van der Waals surface area contributed by atoms with E-state index >= 15 is 0 Å². The molecule has 2 heterocycles. The van der Waals surface area contributed by atoms with E-state index in [1.807, 2.05) is 52.7 Å². The molecule has 0 saturated carbocycles. The predicted molar refractivity (Wildman–Crippen MR) is 116 cm³/mol. The lowest BCUT2D eigenvalue weighted by Gasteiger charge is -2.23. The summed E-state index contributed by atoms with van der Waals surface area (Å²) in [6.07, 6.45) is 1.90. The third-order valence-corrected chi connectivity index (χ3v) is 6.09. The predicted octanol–water partition coefficient (Wildman–Crippen LogP) is 4.85. The molecule has 0 aliphatic carbocycles. The van der Waals surface area contributed by atoms with Crippen molar-refractivity contribution in [3.63, 3.8) is 0 Å². The molecule has 1 aromatic heterocycles. The van der Waals surface area contributed by atoms with Gasteiger partial charge < -0.3 is 14.4 Å². The van der Waals surface area contributed by atoms with E-state index in [0.29, 0.717) is 24.5 Å². The second kappa shape index (κ2) is 9.59. The third-order valence-electron chi connectivity index (χ3n) is 5.12. The zero-order valence-corrected chi connectivity index (χ0v) is 17.3. The molecule has 1 saturated heterocycles. The molecule has 3 aromatic rings. The molecule has 30 heavy (non-hydrogen) atoms. The van der Waals surface area contributed by atoms with Crippen molar-refractivity contribution in [1.29, 1.82) is 0 Å². The fourth-order valence-electron chi connectivity index (χ4n) is 3.63. The molecule has 1 aliphatic rings. The van der Waals surface area contributed by atoms with Crippen LogP contribution in [0.1, 0.15) is 39.7 Å². The van der Waals surface area contributed by atoms with Crippen LogP contribution >= 0.6 is 11.3 Å².